The molecule has 27 heavy (non-hydrogen) atoms. The van der Waals surface area contributed by atoms with Gasteiger partial charge in [-0.25, -0.2) is 13.1 Å². The van der Waals surface area contributed by atoms with Crippen LogP contribution < -0.4 is 15.4 Å². The molecule has 7 heteroatoms. The quantitative estimate of drug-likeness (QED) is 0.502. The first-order chi connectivity index (χ1) is 12.8. The molecule has 0 aliphatic heterocycles. The fourth-order valence-electron chi connectivity index (χ4n) is 2.75. The Hall–Kier alpha value is -2.38. The van der Waals surface area contributed by atoms with Crippen molar-refractivity contribution in [3.63, 3.8) is 0 Å². The zero-order valence-corrected chi connectivity index (χ0v) is 17.2. The lowest BCUT2D eigenvalue weighted by Gasteiger charge is -2.14. The van der Waals surface area contributed by atoms with Gasteiger partial charge in [-0.2, -0.15) is 0 Å². The van der Waals surface area contributed by atoms with E-state index in [0.29, 0.717) is 19.0 Å². The largest absolute Gasteiger partial charge is 0.352 e. The Labute approximate surface area is 162 Å². The van der Waals surface area contributed by atoms with Gasteiger partial charge in [0.25, 0.3) is 0 Å². The number of benzene rings is 2. The van der Waals surface area contributed by atoms with E-state index in [0.717, 1.165) is 11.1 Å². The van der Waals surface area contributed by atoms with Crippen molar-refractivity contribution in [2.45, 2.75) is 32.7 Å². The molecule has 0 amide bonds. The summed E-state index contributed by atoms with van der Waals surface area (Å²) in [4.78, 5) is 4.25. The second-order valence-electron chi connectivity index (χ2n) is 6.49. The maximum atomic E-state index is 11.7. The minimum atomic E-state index is -3.28. The Morgan fingerprint density at radius 1 is 1.00 bits per heavy atom. The van der Waals surface area contributed by atoms with Gasteiger partial charge >= 0.3 is 0 Å². The zero-order chi connectivity index (χ0) is 19.9. The number of nitrogens with zero attached hydrogens (tertiary/aromatic N) is 1. The van der Waals surface area contributed by atoms with E-state index in [2.05, 4.69) is 52.4 Å². The highest BCUT2D eigenvalue weighted by Crippen LogP contribution is 2.10. The molecular formula is C20H28N4O2S. The highest BCUT2D eigenvalue weighted by Gasteiger charge is 2.09. The fourth-order valence-corrected chi connectivity index (χ4v) is 3.51. The lowest BCUT2D eigenvalue weighted by molar-refractivity contribution is 0.587. The Kier molecular flexibility index (Phi) is 7.38. The maximum Gasteiger partial charge on any atom is 0.215 e. The van der Waals surface area contributed by atoms with Crippen molar-refractivity contribution in [1.29, 1.82) is 0 Å². The Balaban J connectivity index is 1.94. The van der Waals surface area contributed by atoms with Crippen molar-refractivity contribution in [3.05, 3.63) is 70.3 Å². The molecule has 0 radical (unpaired) electrons. The second-order valence-corrected chi connectivity index (χ2v) is 8.42. The molecule has 0 unspecified atom stereocenters. The smallest absolute Gasteiger partial charge is 0.215 e. The van der Waals surface area contributed by atoms with Crippen LogP contribution in [0.2, 0.25) is 0 Å². The molecule has 2 aromatic carbocycles. The molecule has 0 spiro atoms. The lowest BCUT2D eigenvalue weighted by Crippen LogP contribution is -2.36. The van der Waals surface area contributed by atoms with Crippen molar-refractivity contribution in [2.75, 3.05) is 14.1 Å². The van der Waals surface area contributed by atoms with Crippen molar-refractivity contribution >= 4 is 16.0 Å². The summed E-state index contributed by atoms with van der Waals surface area (Å²) in [5.41, 5.74) is 5.47. The van der Waals surface area contributed by atoms with Crippen LogP contribution in [0.25, 0.3) is 0 Å². The van der Waals surface area contributed by atoms with Crippen LogP contribution in [0.15, 0.2) is 47.5 Å². The molecule has 0 atom stereocenters. The van der Waals surface area contributed by atoms with Gasteiger partial charge in [0.1, 0.15) is 0 Å². The van der Waals surface area contributed by atoms with Gasteiger partial charge < -0.3 is 10.6 Å². The molecule has 0 saturated heterocycles. The number of hydrogen-bond donors (Lipinski definition) is 3. The number of aliphatic imine (C=N–C) groups is 1. The van der Waals surface area contributed by atoms with Crippen LogP contribution in [0.5, 0.6) is 0 Å². The standard InChI is InChI=1S/C20H28N4O2S/c1-15-8-9-19(16(2)10-15)13-24-20(21-3)23-12-17-6-5-7-18(11-17)14-27(25,26)22-4/h5-11,22H,12-14H2,1-4H3,(H2,21,23,24). The van der Waals surface area contributed by atoms with Gasteiger partial charge in [-0.15, -0.1) is 0 Å². The molecule has 2 aromatic rings. The van der Waals surface area contributed by atoms with Gasteiger partial charge in [0.15, 0.2) is 5.96 Å². The highest BCUT2D eigenvalue weighted by atomic mass is 32.2. The van der Waals surface area contributed by atoms with Crippen LogP contribution in [0.1, 0.15) is 27.8 Å². The maximum absolute atomic E-state index is 11.7. The van der Waals surface area contributed by atoms with Gasteiger partial charge in [0.05, 0.1) is 5.75 Å². The van der Waals surface area contributed by atoms with E-state index in [1.807, 2.05) is 24.3 Å². The third-order valence-corrected chi connectivity index (χ3v) is 5.62. The first-order valence-electron chi connectivity index (χ1n) is 8.82. The van der Waals surface area contributed by atoms with Crippen LogP contribution in [0.3, 0.4) is 0 Å². The molecule has 0 aliphatic rings. The Bertz CT molecular complexity index is 908. The first kappa shape index (κ1) is 20.9. The molecule has 3 N–H and O–H groups in total. The van der Waals surface area contributed by atoms with Crippen LogP contribution in [0.4, 0.5) is 0 Å². The summed E-state index contributed by atoms with van der Waals surface area (Å²) >= 11 is 0. The third-order valence-electron chi connectivity index (χ3n) is 4.29. The molecule has 6 nitrogen and oxygen atoms in total. The molecule has 146 valence electrons. The predicted molar refractivity (Wildman–Crippen MR) is 111 cm³/mol. The minimum Gasteiger partial charge on any atom is -0.352 e. The average molecular weight is 389 g/mol. The predicted octanol–water partition coefficient (Wildman–Crippen LogP) is 2.22. The summed E-state index contributed by atoms with van der Waals surface area (Å²) in [6.07, 6.45) is 0. The monoisotopic (exact) mass is 388 g/mol. The normalized spacial score (nSPS) is 12.1. The molecule has 0 aliphatic carbocycles. The van der Waals surface area contributed by atoms with Crippen LogP contribution in [-0.4, -0.2) is 28.5 Å². The van der Waals surface area contributed by atoms with E-state index >= 15 is 0 Å². The van der Waals surface area contributed by atoms with E-state index in [4.69, 9.17) is 0 Å². The molecule has 0 heterocycles. The molecule has 2 rings (SSSR count). The first-order valence-corrected chi connectivity index (χ1v) is 10.5. The SMILES string of the molecule is CN=C(NCc1cccc(CS(=O)(=O)NC)c1)NCc1ccc(C)cc1C. The Morgan fingerprint density at radius 2 is 1.70 bits per heavy atom. The van der Waals surface area contributed by atoms with Gasteiger partial charge in [-0.1, -0.05) is 48.0 Å². The van der Waals surface area contributed by atoms with E-state index in [9.17, 15) is 8.42 Å². The Morgan fingerprint density at radius 3 is 2.37 bits per heavy atom. The number of rotatable bonds is 7. The van der Waals surface area contributed by atoms with Crippen molar-refractivity contribution in [2.24, 2.45) is 4.99 Å². The van der Waals surface area contributed by atoms with Crippen molar-refractivity contribution < 1.29 is 8.42 Å². The summed E-state index contributed by atoms with van der Waals surface area (Å²) in [6.45, 7) is 5.43. The summed E-state index contributed by atoms with van der Waals surface area (Å²) in [6, 6.07) is 13.9. The van der Waals surface area contributed by atoms with Gasteiger partial charge in [0.2, 0.25) is 10.0 Å². The molecular weight excluding hydrogens is 360 g/mol. The van der Waals surface area contributed by atoms with E-state index < -0.39 is 10.0 Å². The van der Waals surface area contributed by atoms with Crippen LogP contribution >= 0.6 is 0 Å². The third kappa shape index (κ3) is 6.69. The van der Waals surface area contributed by atoms with E-state index in [1.165, 1.54) is 23.7 Å². The lowest BCUT2D eigenvalue weighted by atomic mass is 10.1. The number of hydrogen-bond acceptors (Lipinski definition) is 3. The van der Waals surface area contributed by atoms with E-state index in [1.54, 1.807) is 7.05 Å². The molecule has 0 fully saturated rings. The van der Waals surface area contributed by atoms with Crippen molar-refractivity contribution in [1.82, 2.24) is 15.4 Å². The molecule has 0 aromatic heterocycles. The number of nitrogens with one attached hydrogen (secondary N) is 3. The fraction of sp³-hybridized carbons (Fsp3) is 0.350. The van der Waals surface area contributed by atoms with Crippen LogP contribution in [0, 0.1) is 13.8 Å². The summed E-state index contributed by atoms with van der Waals surface area (Å²) in [5, 5.41) is 6.58. The number of aryl methyl sites for hydroxylation is 2. The number of guanidine groups is 1. The average Bonchev–Trinajstić information content (AvgIpc) is 2.63. The summed E-state index contributed by atoms with van der Waals surface area (Å²) in [7, 11) is -0.126. The minimum absolute atomic E-state index is 0.0307. The summed E-state index contributed by atoms with van der Waals surface area (Å²) < 4.78 is 25.7. The highest BCUT2D eigenvalue weighted by molar-refractivity contribution is 7.88. The van der Waals surface area contributed by atoms with Crippen LogP contribution in [-0.2, 0) is 28.9 Å². The number of sulfonamides is 1. The molecule has 0 bridgehead atoms. The van der Waals surface area contributed by atoms with Gasteiger partial charge in [0, 0.05) is 20.1 Å². The van der Waals surface area contributed by atoms with Gasteiger partial charge in [-0.05, 0) is 43.1 Å². The zero-order valence-electron chi connectivity index (χ0n) is 16.3. The van der Waals surface area contributed by atoms with Crippen molar-refractivity contribution in [3.8, 4) is 0 Å². The van der Waals surface area contributed by atoms with E-state index in [-0.39, 0.29) is 5.75 Å². The second kappa shape index (κ2) is 9.53. The van der Waals surface area contributed by atoms with Gasteiger partial charge in [-0.3, -0.25) is 4.99 Å². The summed E-state index contributed by atoms with van der Waals surface area (Å²) in [5.74, 6) is 0.667. The topological polar surface area (TPSA) is 82.6 Å². The molecule has 0 saturated carbocycles.